The maximum atomic E-state index is 13.2. The molecule has 0 N–H and O–H groups in total. The van der Waals surface area contributed by atoms with Gasteiger partial charge in [0.1, 0.15) is 11.6 Å². The summed E-state index contributed by atoms with van der Waals surface area (Å²) < 4.78 is 44.5. The summed E-state index contributed by atoms with van der Waals surface area (Å²) in [4.78, 5) is 13.2. The standard InChI is InChI=1S/C14H15ClF3NO2/c1-21-9-4-5-11(14(16,17)18)10(7-9)12-3-2-6-19(12)13(20)8-15/h4-5,7,12H,2-3,6,8H2,1H3. The van der Waals surface area contributed by atoms with E-state index in [0.717, 1.165) is 6.07 Å². The van der Waals surface area contributed by atoms with E-state index in [2.05, 4.69) is 0 Å². The molecular formula is C14H15ClF3NO2. The summed E-state index contributed by atoms with van der Waals surface area (Å²) in [5.74, 6) is -0.250. The Balaban J connectivity index is 2.47. The number of hydrogen-bond donors (Lipinski definition) is 0. The van der Waals surface area contributed by atoms with Gasteiger partial charge in [-0.2, -0.15) is 13.2 Å². The van der Waals surface area contributed by atoms with Crippen LogP contribution in [0.2, 0.25) is 0 Å². The van der Waals surface area contributed by atoms with Crippen molar-refractivity contribution >= 4 is 17.5 Å². The first-order valence-corrected chi connectivity index (χ1v) is 7.02. The number of amides is 1. The third kappa shape index (κ3) is 3.26. The van der Waals surface area contributed by atoms with E-state index < -0.39 is 17.8 Å². The Bertz CT molecular complexity index is 533. The molecule has 1 fully saturated rings. The van der Waals surface area contributed by atoms with E-state index in [0.29, 0.717) is 25.1 Å². The number of halogens is 4. The van der Waals surface area contributed by atoms with Crippen LogP contribution >= 0.6 is 11.6 Å². The highest BCUT2D eigenvalue weighted by Crippen LogP contribution is 2.41. The van der Waals surface area contributed by atoms with Crippen molar-refractivity contribution in [2.45, 2.75) is 25.1 Å². The predicted molar refractivity (Wildman–Crippen MR) is 72.4 cm³/mol. The molecule has 0 radical (unpaired) electrons. The monoisotopic (exact) mass is 321 g/mol. The van der Waals surface area contributed by atoms with Gasteiger partial charge in [-0.05, 0) is 36.6 Å². The topological polar surface area (TPSA) is 29.5 Å². The highest BCUT2D eigenvalue weighted by atomic mass is 35.5. The largest absolute Gasteiger partial charge is 0.497 e. The normalized spacial score (nSPS) is 18.9. The molecule has 1 aliphatic rings. The van der Waals surface area contributed by atoms with E-state index in [1.165, 1.54) is 24.1 Å². The molecule has 0 aliphatic carbocycles. The quantitative estimate of drug-likeness (QED) is 0.796. The Morgan fingerprint density at radius 2 is 2.19 bits per heavy atom. The highest BCUT2D eigenvalue weighted by molar-refractivity contribution is 6.27. The summed E-state index contributed by atoms with van der Waals surface area (Å²) in [7, 11) is 1.39. The lowest BCUT2D eigenvalue weighted by molar-refractivity contribution is -0.140. The van der Waals surface area contributed by atoms with Gasteiger partial charge in [-0.15, -0.1) is 11.6 Å². The van der Waals surface area contributed by atoms with Gasteiger partial charge in [0.2, 0.25) is 5.91 Å². The Labute approximate surface area is 125 Å². The molecule has 0 spiro atoms. The number of ether oxygens (including phenoxy) is 1. The molecule has 0 saturated carbocycles. The van der Waals surface area contributed by atoms with Crippen molar-refractivity contribution in [3.63, 3.8) is 0 Å². The molecule has 2 rings (SSSR count). The summed E-state index contributed by atoms with van der Waals surface area (Å²) in [6, 6.07) is 3.01. The Morgan fingerprint density at radius 1 is 1.48 bits per heavy atom. The van der Waals surface area contributed by atoms with Gasteiger partial charge in [-0.3, -0.25) is 4.79 Å². The second-order valence-corrected chi connectivity index (χ2v) is 5.10. The van der Waals surface area contributed by atoms with E-state index in [9.17, 15) is 18.0 Å². The number of benzene rings is 1. The summed E-state index contributed by atoms with van der Waals surface area (Å²) in [5.41, 5.74) is -0.666. The minimum absolute atomic E-state index is 0.0674. The first-order valence-electron chi connectivity index (χ1n) is 6.49. The number of nitrogens with zero attached hydrogens (tertiary/aromatic N) is 1. The average molecular weight is 322 g/mol. The zero-order valence-corrected chi connectivity index (χ0v) is 12.2. The van der Waals surface area contributed by atoms with Gasteiger partial charge >= 0.3 is 6.18 Å². The lowest BCUT2D eigenvalue weighted by atomic mass is 9.97. The van der Waals surface area contributed by atoms with Gasteiger partial charge in [0.25, 0.3) is 0 Å². The van der Waals surface area contributed by atoms with Crippen molar-refractivity contribution in [2.24, 2.45) is 0 Å². The lowest BCUT2D eigenvalue weighted by Gasteiger charge is -2.27. The molecule has 1 unspecified atom stereocenters. The summed E-state index contributed by atoms with van der Waals surface area (Å²) >= 11 is 5.53. The van der Waals surface area contributed by atoms with Gasteiger partial charge < -0.3 is 9.64 Å². The molecule has 3 nitrogen and oxygen atoms in total. The first kappa shape index (κ1) is 15.9. The van der Waals surface area contributed by atoms with E-state index in [4.69, 9.17) is 16.3 Å². The minimum Gasteiger partial charge on any atom is -0.497 e. The first-order chi connectivity index (χ1) is 9.88. The molecule has 21 heavy (non-hydrogen) atoms. The van der Waals surface area contributed by atoms with E-state index in [1.54, 1.807) is 0 Å². The number of methoxy groups -OCH3 is 1. The Kier molecular flexibility index (Phi) is 4.66. The van der Waals surface area contributed by atoms with Crippen molar-refractivity contribution in [1.29, 1.82) is 0 Å². The second-order valence-electron chi connectivity index (χ2n) is 4.83. The van der Waals surface area contributed by atoms with E-state index >= 15 is 0 Å². The van der Waals surface area contributed by atoms with Gasteiger partial charge in [-0.25, -0.2) is 0 Å². The van der Waals surface area contributed by atoms with Crippen LogP contribution in [-0.2, 0) is 11.0 Å². The van der Waals surface area contributed by atoms with Gasteiger partial charge in [0, 0.05) is 6.54 Å². The molecule has 0 bridgehead atoms. The lowest BCUT2D eigenvalue weighted by Crippen LogP contribution is -2.32. The van der Waals surface area contributed by atoms with Crippen LogP contribution in [0.25, 0.3) is 0 Å². The van der Waals surface area contributed by atoms with Gasteiger partial charge in [0.05, 0.1) is 18.7 Å². The number of carbonyl (C=O) groups excluding carboxylic acids is 1. The number of hydrogen-bond acceptors (Lipinski definition) is 2. The smallest absolute Gasteiger partial charge is 0.416 e. The van der Waals surface area contributed by atoms with Crippen molar-refractivity contribution in [3.05, 3.63) is 29.3 Å². The minimum atomic E-state index is -4.47. The molecule has 116 valence electrons. The van der Waals surface area contributed by atoms with Crippen molar-refractivity contribution < 1.29 is 22.7 Å². The summed E-state index contributed by atoms with van der Waals surface area (Å²) in [6.07, 6.45) is -3.33. The third-order valence-corrected chi connectivity index (χ3v) is 3.84. The third-order valence-electron chi connectivity index (χ3n) is 3.61. The van der Waals surface area contributed by atoms with E-state index in [-0.39, 0.29) is 17.4 Å². The Hall–Kier alpha value is -1.43. The van der Waals surface area contributed by atoms with Gasteiger partial charge in [-0.1, -0.05) is 0 Å². The fourth-order valence-corrected chi connectivity index (χ4v) is 2.82. The van der Waals surface area contributed by atoms with Crippen LogP contribution < -0.4 is 4.74 Å². The van der Waals surface area contributed by atoms with Crippen molar-refractivity contribution in [1.82, 2.24) is 4.90 Å². The SMILES string of the molecule is COc1ccc(C(F)(F)F)c(C2CCCN2C(=O)CCl)c1. The molecule has 0 aromatic heterocycles. The summed E-state index contributed by atoms with van der Waals surface area (Å²) in [6.45, 7) is 0.421. The molecular weight excluding hydrogens is 307 g/mol. The highest BCUT2D eigenvalue weighted by Gasteiger charge is 2.39. The molecule has 1 amide bonds. The second kappa shape index (κ2) is 6.13. The molecule has 1 heterocycles. The molecule has 1 aliphatic heterocycles. The summed E-state index contributed by atoms with van der Waals surface area (Å²) in [5, 5.41) is 0. The number of alkyl halides is 4. The molecule has 7 heteroatoms. The number of carbonyl (C=O) groups is 1. The predicted octanol–water partition coefficient (Wildman–Crippen LogP) is 3.62. The molecule has 1 aromatic rings. The maximum Gasteiger partial charge on any atom is 0.416 e. The van der Waals surface area contributed by atoms with Crippen molar-refractivity contribution in [3.8, 4) is 5.75 Å². The van der Waals surface area contributed by atoms with Crippen molar-refractivity contribution in [2.75, 3.05) is 19.5 Å². The van der Waals surface area contributed by atoms with Gasteiger partial charge in [0.15, 0.2) is 0 Å². The zero-order valence-electron chi connectivity index (χ0n) is 11.4. The molecule has 1 aromatic carbocycles. The van der Waals surface area contributed by atoms with Crippen LogP contribution in [0.1, 0.15) is 30.0 Å². The van der Waals surface area contributed by atoms with E-state index in [1.807, 2.05) is 0 Å². The van der Waals surface area contributed by atoms with Crippen LogP contribution in [0, 0.1) is 0 Å². The maximum absolute atomic E-state index is 13.2. The van der Waals surface area contributed by atoms with Crippen LogP contribution in [-0.4, -0.2) is 30.3 Å². The van der Waals surface area contributed by atoms with Crippen LogP contribution in [0.3, 0.4) is 0 Å². The molecule has 1 saturated heterocycles. The fraction of sp³-hybridized carbons (Fsp3) is 0.500. The zero-order chi connectivity index (χ0) is 15.6. The average Bonchev–Trinajstić information content (AvgIpc) is 2.94. The Morgan fingerprint density at radius 3 is 2.76 bits per heavy atom. The van der Waals surface area contributed by atoms with Crippen LogP contribution in [0.4, 0.5) is 13.2 Å². The fourth-order valence-electron chi connectivity index (χ4n) is 2.67. The van der Waals surface area contributed by atoms with Crippen LogP contribution in [0.15, 0.2) is 18.2 Å². The number of likely N-dealkylation sites (tertiary alicyclic amines) is 1. The number of rotatable bonds is 3. The van der Waals surface area contributed by atoms with Crippen LogP contribution in [0.5, 0.6) is 5.75 Å². The molecule has 1 atom stereocenters.